The molecule has 0 aromatic carbocycles. The van der Waals surface area contributed by atoms with Gasteiger partial charge >= 0.3 is 11.9 Å². The molecule has 0 rings (SSSR count). The second-order valence-corrected chi connectivity index (χ2v) is 6.21. The van der Waals surface area contributed by atoms with Gasteiger partial charge in [0.15, 0.2) is 0 Å². The van der Waals surface area contributed by atoms with Crippen LogP contribution in [-0.4, -0.2) is 23.6 Å². The lowest BCUT2D eigenvalue weighted by atomic mass is 10.1. The Kier molecular flexibility index (Phi) is 6.81. The molecule has 0 saturated heterocycles. The molecule has 0 heterocycles. The van der Waals surface area contributed by atoms with Crippen molar-refractivity contribution < 1.29 is 19.1 Å². The first-order valence-electron chi connectivity index (χ1n) is 6.62. The Bertz CT molecular complexity index is 337. The van der Waals surface area contributed by atoms with Crippen LogP contribution >= 0.6 is 0 Å². The predicted molar refractivity (Wildman–Crippen MR) is 74.6 cm³/mol. The minimum Gasteiger partial charge on any atom is -0.462 e. The highest BCUT2D eigenvalue weighted by atomic mass is 16.6. The summed E-state index contributed by atoms with van der Waals surface area (Å²) in [6.07, 6.45) is 0.515. The molecule has 1 unspecified atom stereocenters. The number of hydrogen-bond acceptors (Lipinski definition) is 4. The highest BCUT2D eigenvalue weighted by Gasteiger charge is 2.21. The van der Waals surface area contributed by atoms with Gasteiger partial charge in [-0.2, -0.15) is 0 Å². The predicted octanol–water partition coefficient (Wildman–Crippen LogP) is 3.25. The second-order valence-electron chi connectivity index (χ2n) is 6.21. The molecular weight excluding hydrogens is 244 g/mol. The first-order valence-corrected chi connectivity index (χ1v) is 6.62. The third-order valence-electron chi connectivity index (χ3n) is 2.18. The summed E-state index contributed by atoms with van der Waals surface area (Å²) in [7, 11) is 0. The highest BCUT2D eigenvalue weighted by molar-refractivity contribution is 5.93. The number of rotatable bonds is 6. The van der Waals surface area contributed by atoms with Gasteiger partial charge in [0.2, 0.25) is 0 Å². The van der Waals surface area contributed by atoms with E-state index in [1.807, 2.05) is 6.92 Å². The van der Waals surface area contributed by atoms with E-state index in [1.165, 1.54) is 0 Å². The molecular formula is C15H26O4. The smallest absolute Gasteiger partial charge is 0.334 e. The molecule has 110 valence electrons. The van der Waals surface area contributed by atoms with Gasteiger partial charge in [0.25, 0.3) is 0 Å². The van der Waals surface area contributed by atoms with Crippen LogP contribution in [0.25, 0.3) is 0 Å². The molecule has 4 heteroatoms. The molecule has 0 spiro atoms. The van der Waals surface area contributed by atoms with Crippen LogP contribution in [-0.2, 0) is 19.1 Å². The molecule has 0 bridgehead atoms. The summed E-state index contributed by atoms with van der Waals surface area (Å²) in [5, 5.41) is 0. The fourth-order valence-electron chi connectivity index (χ4n) is 1.57. The van der Waals surface area contributed by atoms with Crippen molar-refractivity contribution in [2.75, 3.05) is 0 Å². The molecule has 0 N–H and O–H groups in total. The normalized spacial score (nSPS) is 13.0. The van der Waals surface area contributed by atoms with Gasteiger partial charge in [0.1, 0.15) is 5.60 Å². The van der Waals surface area contributed by atoms with Crippen molar-refractivity contribution >= 4 is 11.9 Å². The van der Waals surface area contributed by atoms with Crippen LogP contribution in [0.3, 0.4) is 0 Å². The van der Waals surface area contributed by atoms with Gasteiger partial charge < -0.3 is 9.47 Å². The van der Waals surface area contributed by atoms with Crippen molar-refractivity contribution in [1.82, 2.24) is 0 Å². The number of hydrogen-bond donors (Lipinski definition) is 0. The van der Waals surface area contributed by atoms with E-state index in [0.29, 0.717) is 5.92 Å². The van der Waals surface area contributed by atoms with Gasteiger partial charge in [0, 0.05) is 5.57 Å². The van der Waals surface area contributed by atoms with Crippen molar-refractivity contribution in [2.45, 2.75) is 66.1 Å². The Labute approximate surface area is 116 Å². The monoisotopic (exact) mass is 270 g/mol. The van der Waals surface area contributed by atoms with Gasteiger partial charge in [-0.3, -0.25) is 4.79 Å². The van der Waals surface area contributed by atoms with Crippen molar-refractivity contribution in [1.29, 1.82) is 0 Å². The average molecular weight is 270 g/mol. The summed E-state index contributed by atoms with van der Waals surface area (Å²) in [6.45, 7) is 14.8. The summed E-state index contributed by atoms with van der Waals surface area (Å²) in [6, 6.07) is 0. The Balaban J connectivity index is 4.19. The van der Waals surface area contributed by atoms with Crippen LogP contribution < -0.4 is 0 Å². The summed E-state index contributed by atoms with van der Waals surface area (Å²) in [4.78, 5) is 23.3. The number of carbonyl (C=O) groups is 2. The lowest BCUT2D eigenvalue weighted by molar-refractivity contribution is -0.154. The maximum absolute atomic E-state index is 11.6. The zero-order valence-electron chi connectivity index (χ0n) is 12.9. The molecule has 4 nitrogen and oxygen atoms in total. The lowest BCUT2D eigenvalue weighted by Gasteiger charge is -2.20. The molecule has 0 aromatic rings. The summed E-state index contributed by atoms with van der Waals surface area (Å²) in [5.41, 5.74) is -0.467. The zero-order chi connectivity index (χ0) is 15.2. The SMILES string of the molecule is C=C(CC(=O)OC(C)CC(C)C)C(=O)OC(C)(C)C. The molecule has 0 aliphatic heterocycles. The van der Waals surface area contributed by atoms with Gasteiger partial charge in [-0.1, -0.05) is 20.4 Å². The van der Waals surface area contributed by atoms with Crippen LogP contribution in [0.15, 0.2) is 12.2 Å². The summed E-state index contributed by atoms with van der Waals surface area (Å²) in [5.74, 6) is -0.540. The Morgan fingerprint density at radius 2 is 1.68 bits per heavy atom. The van der Waals surface area contributed by atoms with Crippen molar-refractivity contribution in [3.63, 3.8) is 0 Å². The Morgan fingerprint density at radius 1 is 1.16 bits per heavy atom. The van der Waals surface area contributed by atoms with E-state index < -0.39 is 17.5 Å². The number of ether oxygens (including phenoxy) is 2. The van der Waals surface area contributed by atoms with Gasteiger partial charge in [-0.05, 0) is 40.0 Å². The molecule has 1 atom stereocenters. The van der Waals surface area contributed by atoms with Crippen LogP contribution in [0.4, 0.5) is 0 Å². The Morgan fingerprint density at radius 3 is 2.11 bits per heavy atom. The van der Waals surface area contributed by atoms with Crippen molar-refractivity contribution in [2.24, 2.45) is 5.92 Å². The topological polar surface area (TPSA) is 52.6 Å². The lowest BCUT2D eigenvalue weighted by Crippen LogP contribution is -2.26. The third-order valence-corrected chi connectivity index (χ3v) is 2.18. The van der Waals surface area contributed by atoms with Crippen molar-refractivity contribution in [3.05, 3.63) is 12.2 Å². The standard InChI is InChI=1S/C15H26O4/c1-10(2)8-12(4)18-13(16)9-11(3)14(17)19-15(5,6)7/h10,12H,3,8-9H2,1-2,4-7H3. The first-order chi connectivity index (χ1) is 8.51. The van der Waals surface area contributed by atoms with E-state index in [2.05, 4.69) is 20.4 Å². The van der Waals surface area contributed by atoms with E-state index in [4.69, 9.17) is 9.47 Å². The summed E-state index contributed by atoms with van der Waals surface area (Å²) >= 11 is 0. The maximum Gasteiger partial charge on any atom is 0.334 e. The quantitative estimate of drug-likeness (QED) is 0.549. The van der Waals surface area contributed by atoms with E-state index in [1.54, 1.807) is 20.8 Å². The third kappa shape index (κ3) is 9.28. The molecule has 0 amide bonds. The average Bonchev–Trinajstić information content (AvgIpc) is 2.12. The molecule has 0 saturated carbocycles. The molecule has 19 heavy (non-hydrogen) atoms. The fourth-order valence-corrected chi connectivity index (χ4v) is 1.57. The maximum atomic E-state index is 11.6. The van der Waals surface area contributed by atoms with Gasteiger partial charge in [-0.15, -0.1) is 0 Å². The van der Waals surface area contributed by atoms with Crippen LogP contribution in [0.1, 0.15) is 54.4 Å². The molecule has 0 fully saturated rings. The van der Waals surface area contributed by atoms with E-state index >= 15 is 0 Å². The fraction of sp³-hybridized carbons (Fsp3) is 0.733. The van der Waals surface area contributed by atoms with Crippen LogP contribution in [0, 0.1) is 5.92 Å². The molecule has 0 aromatic heterocycles. The van der Waals surface area contributed by atoms with Gasteiger partial charge in [-0.25, -0.2) is 4.79 Å². The largest absolute Gasteiger partial charge is 0.462 e. The van der Waals surface area contributed by atoms with E-state index in [0.717, 1.165) is 6.42 Å². The van der Waals surface area contributed by atoms with Crippen LogP contribution in [0.5, 0.6) is 0 Å². The zero-order valence-corrected chi connectivity index (χ0v) is 12.9. The first kappa shape index (κ1) is 17.7. The molecule has 0 aliphatic carbocycles. The minimum absolute atomic E-state index is 0.122. The molecule has 0 radical (unpaired) electrons. The van der Waals surface area contributed by atoms with Crippen LogP contribution in [0.2, 0.25) is 0 Å². The number of carbonyl (C=O) groups excluding carboxylic acids is 2. The number of esters is 2. The highest BCUT2D eigenvalue weighted by Crippen LogP contribution is 2.14. The van der Waals surface area contributed by atoms with Crippen molar-refractivity contribution in [3.8, 4) is 0 Å². The van der Waals surface area contributed by atoms with Gasteiger partial charge in [0.05, 0.1) is 12.5 Å². The minimum atomic E-state index is -0.588. The second kappa shape index (κ2) is 7.31. The Hall–Kier alpha value is -1.32. The summed E-state index contributed by atoms with van der Waals surface area (Å²) < 4.78 is 10.3. The molecule has 0 aliphatic rings. The van der Waals surface area contributed by atoms with E-state index in [-0.39, 0.29) is 18.1 Å². The van der Waals surface area contributed by atoms with E-state index in [9.17, 15) is 9.59 Å².